The molecular formula is C6H12N6O. The smallest absolute Gasteiger partial charge is 0.216 e. The summed E-state index contributed by atoms with van der Waals surface area (Å²) in [5.74, 6) is -0.999. The number of hydrogen-bond acceptors (Lipinski definition) is 4. The van der Waals surface area contributed by atoms with Gasteiger partial charge in [-0.2, -0.15) is 10.1 Å². The van der Waals surface area contributed by atoms with Crippen LogP contribution in [-0.2, 0) is 4.79 Å². The third-order valence-electron chi connectivity index (χ3n) is 1.18. The predicted octanol–water partition coefficient (Wildman–Crippen LogP) is -0.960. The minimum absolute atomic E-state index is 0.172. The molecule has 7 heteroatoms. The molecule has 7 nitrogen and oxygen atoms in total. The van der Waals surface area contributed by atoms with Gasteiger partial charge in [-0.05, 0) is 6.42 Å². The van der Waals surface area contributed by atoms with E-state index in [1.807, 2.05) is 0 Å². The molecule has 0 saturated carbocycles. The van der Waals surface area contributed by atoms with Crippen LogP contribution in [0.5, 0.6) is 0 Å². The fourth-order valence-electron chi connectivity index (χ4n) is 0.544. The highest BCUT2D eigenvalue weighted by molar-refractivity contribution is 6.28. The predicted molar refractivity (Wildman–Crippen MR) is 49.5 cm³/mol. The number of guanidine groups is 2. The molecule has 0 rings (SSSR count). The van der Waals surface area contributed by atoms with Crippen LogP contribution in [0.4, 0.5) is 0 Å². The van der Waals surface area contributed by atoms with Crippen molar-refractivity contribution in [3.8, 4) is 0 Å². The van der Waals surface area contributed by atoms with Gasteiger partial charge in [-0.15, -0.1) is 0 Å². The zero-order chi connectivity index (χ0) is 10.4. The van der Waals surface area contributed by atoms with E-state index in [1.165, 1.54) is 0 Å². The first-order chi connectivity index (χ1) is 6.02. The average molecular weight is 184 g/mol. The Kier molecular flexibility index (Phi) is 4.14. The molecule has 0 aromatic heterocycles. The van der Waals surface area contributed by atoms with Gasteiger partial charge >= 0.3 is 0 Å². The molecule has 0 bridgehead atoms. The molecule has 6 N–H and O–H groups in total. The second-order valence-corrected chi connectivity index (χ2v) is 2.15. The van der Waals surface area contributed by atoms with Crippen LogP contribution in [0.2, 0.25) is 0 Å². The molecule has 0 saturated heterocycles. The summed E-state index contributed by atoms with van der Waals surface area (Å²) < 4.78 is 0. The molecule has 0 heterocycles. The summed E-state index contributed by atoms with van der Waals surface area (Å²) in [4.78, 5) is 10.3. The van der Waals surface area contributed by atoms with Gasteiger partial charge in [0.15, 0.2) is 6.29 Å². The largest absolute Gasteiger partial charge is 0.368 e. The molecule has 0 aliphatic carbocycles. The van der Waals surface area contributed by atoms with E-state index < -0.39 is 11.9 Å². The molecule has 0 aliphatic heterocycles. The van der Waals surface area contributed by atoms with Crippen molar-refractivity contribution in [1.29, 1.82) is 10.8 Å². The standard InChI is InChI=1S/C6H12N6O/c1-2-4(3-13)11-12(5(7)8)6(9)10/h3H,2H2,1H3,(H3,7,8)(H3,9,10). The number of aldehydes is 1. The Morgan fingerprint density at radius 2 is 1.92 bits per heavy atom. The molecule has 0 aromatic rings. The van der Waals surface area contributed by atoms with Gasteiger partial charge in [-0.1, -0.05) is 6.92 Å². The summed E-state index contributed by atoms with van der Waals surface area (Å²) in [5.41, 5.74) is 10.3. The van der Waals surface area contributed by atoms with E-state index in [2.05, 4.69) is 5.10 Å². The summed E-state index contributed by atoms with van der Waals surface area (Å²) in [7, 11) is 0. The molecule has 0 amide bonds. The lowest BCUT2D eigenvalue weighted by Gasteiger charge is -2.13. The van der Waals surface area contributed by atoms with Crippen LogP contribution in [0.25, 0.3) is 0 Å². The Hall–Kier alpha value is -1.92. The van der Waals surface area contributed by atoms with Crippen LogP contribution in [0, 0.1) is 10.8 Å². The highest BCUT2D eigenvalue weighted by Crippen LogP contribution is 1.90. The first-order valence-electron chi connectivity index (χ1n) is 3.53. The van der Waals surface area contributed by atoms with Crippen LogP contribution in [0.3, 0.4) is 0 Å². The second kappa shape index (κ2) is 4.86. The van der Waals surface area contributed by atoms with Gasteiger partial charge in [0.25, 0.3) is 0 Å². The minimum atomic E-state index is -0.500. The molecule has 0 unspecified atom stereocenters. The van der Waals surface area contributed by atoms with E-state index >= 15 is 0 Å². The van der Waals surface area contributed by atoms with Crippen molar-refractivity contribution in [2.75, 3.05) is 0 Å². The number of carbonyl (C=O) groups excluding carboxylic acids is 1. The van der Waals surface area contributed by atoms with Gasteiger partial charge in [-0.3, -0.25) is 15.6 Å². The van der Waals surface area contributed by atoms with E-state index in [-0.39, 0.29) is 5.71 Å². The minimum Gasteiger partial charge on any atom is -0.368 e. The van der Waals surface area contributed by atoms with Crippen molar-refractivity contribution in [3.05, 3.63) is 0 Å². The van der Waals surface area contributed by atoms with Crippen LogP contribution >= 0.6 is 0 Å². The third kappa shape index (κ3) is 3.32. The number of nitrogens with zero attached hydrogens (tertiary/aromatic N) is 2. The fraction of sp³-hybridized carbons (Fsp3) is 0.333. The highest BCUT2D eigenvalue weighted by Gasteiger charge is 2.08. The fourth-order valence-corrected chi connectivity index (χ4v) is 0.544. The maximum atomic E-state index is 10.3. The maximum absolute atomic E-state index is 10.3. The zero-order valence-corrected chi connectivity index (χ0v) is 7.24. The van der Waals surface area contributed by atoms with E-state index in [0.29, 0.717) is 17.7 Å². The van der Waals surface area contributed by atoms with Crippen LogP contribution in [0.1, 0.15) is 13.3 Å². The lowest BCUT2D eigenvalue weighted by molar-refractivity contribution is -0.102. The lowest BCUT2D eigenvalue weighted by atomic mass is 10.3. The first-order valence-corrected chi connectivity index (χ1v) is 3.53. The van der Waals surface area contributed by atoms with Crippen molar-refractivity contribution in [1.82, 2.24) is 5.01 Å². The Morgan fingerprint density at radius 3 is 2.15 bits per heavy atom. The van der Waals surface area contributed by atoms with Crippen molar-refractivity contribution < 1.29 is 4.79 Å². The zero-order valence-electron chi connectivity index (χ0n) is 7.24. The number of hydrazone groups is 1. The SMILES string of the molecule is CCC(C=O)=NN(C(=N)N)C(=N)N. The van der Waals surface area contributed by atoms with Gasteiger partial charge in [0.1, 0.15) is 5.71 Å². The molecule has 0 aliphatic rings. The van der Waals surface area contributed by atoms with Crippen LogP contribution < -0.4 is 11.5 Å². The van der Waals surface area contributed by atoms with E-state index in [1.54, 1.807) is 6.92 Å². The Balaban J connectivity index is 4.76. The van der Waals surface area contributed by atoms with Crippen molar-refractivity contribution in [2.45, 2.75) is 13.3 Å². The second-order valence-electron chi connectivity index (χ2n) is 2.15. The van der Waals surface area contributed by atoms with Gasteiger partial charge in [0.05, 0.1) is 0 Å². The average Bonchev–Trinajstić information content (AvgIpc) is 2.05. The molecule has 13 heavy (non-hydrogen) atoms. The quantitative estimate of drug-likeness (QED) is 0.194. The normalized spacial score (nSPS) is 10.7. The number of carbonyl (C=O) groups is 1. The van der Waals surface area contributed by atoms with Gasteiger partial charge in [-0.25, -0.2) is 0 Å². The lowest BCUT2D eigenvalue weighted by Crippen LogP contribution is -2.42. The van der Waals surface area contributed by atoms with Crippen molar-refractivity contribution >= 4 is 23.9 Å². The van der Waals surface area contributed by atoms with E-state index in [0.717, 1.165) is 0 Å². The molecule has 0 radical (unpaired) electrons. The highest BCUT2D eigenvalue weighted by atomic mass is 16.1. The summed E-state index contributed by atoms with van der Waals surface area (Å²) in [5, 5.41) is 18.2. The van der Waals surface area contributed by atoms with E-state index in [9.17, 15) is 4.79 Å². The number of nitrogens with two attached hydrogens (primary N) is 2. The maximum Gasteiger partial charge on any atom is 0.216 e. The summed E-state index contributed by atoms with van der Waals surface area (Å²) in [6, 6.07) is 0. The Labute approximate surface area is 75.4 Å². The number of hydrogen-bond donors (Lipinski definition) is 4. The molecule has 0 fully saturated rings. The molecule has 0 spiro atoms. The van der Waals surface area contributed by atoms with Gasteiger partial charge in [0, 0.05) is 0 Å². The monoisotopic (exact) mass is 184 g/mol. The van der Waals surface area contributed by atoms with Crippen LogP contribution in [-0.4, -0.2) is 28.9 Å². The molecule has 72 valence electrons. The number of nitrogens with one attached hydrogen (secondary N) is 2. The number of rotatable bonds is 3. The topological polar surface area (TPSA) is 132 Å². The van der Waals surface area contributed by atoms with Gasteiger partial charge < -0.3 is 11.5 Å². The van der Waals surface area contributed by atoms with Crippen molar-refractivity contribution in [2.24, 2.45) is 16.6 Å². The first kappa shape index (κ1) is 11.1. The van der Waals surface area contributed by atoms with E-state index in [4.69, 9.17) is 22.3 Å². The third-order valence-corrected chi connectivity index (χ3v) is 1.18. The molecule has 0 aromatic carbocycles. The Morgan fingerprint density at radius 1 is 1.46 bits per heavy atom. The molecular weight excluding hydrogens is 172 g/mol. The summed E-state index contributed by atoms with van der Waals surface area (Å²) >= 11 is 0. The van der Waals surface area contributed by atoms with Crippen molar-refractivity contribution in [3.63, 3.8) is 0 Å². The Bertz CT molecular complexity index is 244. The van der Waals surface area contributed by atoms with Gasteiger partial charge in [0.2, 0.25) is 11.9 Å². The summed E-state index contributed by atoms with van der Waals surface area (Å²) in [6.07, 6.45) is 0.916. The molecule has 0 atom stereocenters. The summed E-state index contributed by atoms with van der Waals surface area (Å²) in [6.45, 7) is 1.71. The van der Waals surface area contributed by atoms with Crippen LogP contribution in [0.15, 0.2) is 5.10 Å².